The van der Waals surface area contributed by atoms with E-state index in [2.05, 4.69) is 13.8 Å². The predicted molar refractivity (Wildman–Crippen MR) is 79.6 cm³/mol. The molecule has 0 amide bonds. The second kappa shape index (κ2) is 6.20. The summed E-state index contributed by atoms with van der Waals surface area (Å²) in [5.74, 6) is 1.27. The van der Waals surface area contributed by atoms with Crippen LogP contribution in [-0.2, 0) is 11.3 Å². The van der Waals surface area contributed by atoms with Crippen LogP contribution in [0.25, 0.3) is 0 Å². The SMILES string of the molecule is COc1cc(Cl)cc(CN)c1OCC1CCC(C)(C)O1. The number of benzene rings is 1. The highest BCUT2D eigenvalue weighted by molar-refractivity contribution is 6.30. The molecule has 1 aliphatic rings. The van der Waals surface area contributed by atoms with Gasteiger partial charge in [0.05, 0.1) is 18.8 Å². The van der Waals surface area contributed by atoms with E-state index in [1.165, 1.54) is 0 Å². The molecule has 1 aromatic carbocycles. The molecule has 0 radical (unpaired) electrons. The van der Waals surface area contributed by atoms with Crippen molar-refractivity contribution in [1.29, 1.82) is 0 Å². The first-order chi connectivity index (χ1) is 9.45. The lowest BCUT2D eigenvalue weighted by atomic mass is 10.1. The molecule has 112 valence electrons. The third-order valence-electron chi connectivity index (χ3n) is 3.50. The number of ether oxygens (including phenoxy) is 3. The van der Waals surface area contributed by atoms with Gasteiger partial charge < -0.3 is 19.9 Å². The van der Waals surface area contributed by atoms with E-state index < -0.39 is 0 Å². The summed E-state index contributed by atoms with van der Waals surface area (Å²) in [4.78, 5) is 0. The minimum Gasteiger partial charge on any atom is -0.493 e. The molecule has 4 nitrogen and oxygen atoms in total. The molecule has 2 rings (SSSR count). The van der Waals surface area contributed by atoms with Crippen LogP contribution in [0.3, 0.4) is 0 Å². The van der Waals surface area contributed by atoms with E-state index in [0.29, 0.717) is 29.7 Å². The van der Waals surface area contributed by atoms with Gasteiger partial charge in [0.25, 0.3) is 0 Å². The Morgan fingerprint density at radius 1 is 1.45 bits per heavy atom. The standard InChI is InChI=1S/C15H22ClNO3/c1-15(2)5-4-12(20-15)9-19-14-10(8-17)6-11(16)7-13(14)18-3/h6-7,12H,4-5,8-9,17H2,1-3H3. The van der Waals surface area contributed by atoms with E-state index in [4.69, 9.17) is 31.5 Å². The molecule has 0 aliphatic carbocycles. The fourth-order valence-corrected chi connectivity index (χ4v) is 2.69. The molecule has 20 heavy (non-hydrogen) atoms. The van der Waals surface area contributed by atoms with Crippen molar-refractivity contribution in [3.63, 3.8) is 0 Å². The molecule has 0 aromatic heterocycles. The fourth-order valence-electron chi connectivity index (χ4n) is 2.46. The minimum absolute atomic E-state index is 0.0607. The van der Waals surface area contributed by atoms with Gasteiger partial charge in [0.2, 0.25) is 0 Å². The number of rotatable bonds is 5. The Kier molecular flexibility index (Phi) is 4.78. The second-order valence-electron chi connectivity index (χ2n) is 5.65. The van der Waals surface area contributed by atoms with Crippen LogP contribution in [0.4, 0.5) is 0 Å². The maximum Gasteiger partial charge on any atom is 0.165 e. The van der Waals surface area contributed by atoms with Crippen molar-refractivity contribution < 1.29 is 14.2 Å². The van der Waals surface area contributed by atoms with Crippen LogP contribution in [-0.4, -0.2) is 25.4 Å². The van der Waals surface area contributed by atoms with E-state index in [1.54, 1.807) is 19.2 Å². The zero-order chi connectivity index (χ0) is 14.8. The second-order valence-corrected chi connectivity index (χ2v) is 6.09. The Hall–Kier alpha value is -0.970. The van der Waals surface area contributed by atoms with Gasteiger partial charge in [-0.2, -0.15) is 0 Å². The Balaban J connectivity index is 2.09. The van der Waals surface area contributed by atoms with Crippen molar-refractivity contribution in [3.8, 4) is 11.5 Å². The van der Waals surface area contributed by atoms with E-state index in [9.17, 15) is 0 Å². The summed E-state index contributed by atoms with van der Waals surface area (Å²) >= 11 is 6.03. The van der Waals surface area contributed by atoms with Gasteiger partial charge in [0, 0.05) is 23.2 Å². The average molecular weight is 300 g/mol. The maximum absolute atomic E-state index is 6.03. The molecule has 5 heteroatoms. The largest absolute Gasteiger partial charge is 0.493 e. The summed E-state index contributed by atoms with van der Waals surface area (Å²) in [7, 11) is 1.59. The van der Waals surface area contributed by atoms with Gasteiger partial charge in [-0.1, -0.05) is 11.6 Å². The average Bonchev–Trinajstić information content (AvgIpc) is 2.75. The number of hydrogen-bond donors (Lipinski definition) is 1. The molecule has 1 saturated heterocycles. The van der Waals surface area contributed by atoms with Crippen molar-refractivity contribution in [2.24, 2.45) is 5.73 Å². The first kappa shape index (κ1) is 15.4. The summed E-state index contributed by atoms with van der Waals surface area (Å²) in [6.07, 6.45) is 2.15. The highest BCUT2D eigenvalue weighted by atomic mass is 35.5. The van der Waals surface area contributed by atoms with Crippen LogP contribution in [0.1, 0.15) is 32.3 Å². The highest BCUT2D eigenvalue weighted by Crippen LogP contribution is 2.36. The highest BCUT2D eigenvalue weighted by Gasteiger charge is 2.32. The third-order valence-corrected chi connectivity index (χ3v) is 3.72. The zero-order valence-corrected chi connectivity index (χ0v) is 13.0. The van der Waals surface area contributed by atoms with Crippen molar-refractivity contribution in [1.82, 2.24) is 0 Å². The Bertz CT molecular complexity index is 451. The predicted octanol–water partition coefficient (Wildman–Crippen LogP) is 3.14. The van der Waals surface area contributed by atoms with Crippen molar-refractivity contribution >= 4 is 11.6 Å². The van der Waals surface area contributed by atoms with Gasteiger partial charge in [-0.15, -0.1) is 0 Å². The molecule has 1 aromatic rings. The van der Waals surface area contributed by atoms with Crippen molar-refractivity contribution in [3.05, 3.63) is 22.7 Å². The molecule has 1 atom stereocenters. The van der Waals surface area contributed by atoms with Gasteiger partial charge in [0.1, 0.15) is 6.61 Å². The van der Waals surface area contributed by atoms with Crippen LogP contribution in [0, 0.1) is 0 Å². The maximum atomic E-state index is 6.03. The molecule has 1 aliphatic heterocycles. The quantitative estimate of drug-likeness (QED) is 0.907. The first-order valence-electron chi connectivity index (χ1n) is 6.82. The molecule has 2 N–H and O–H groups in total. The van der Waals surface area contributed by atoms with E-state index in [1.807, 2.05) is 0 Å². The molecule has 1 unspecified atom stereocenters. The van der Waals surface area contributed by atoms with Gasteiger partial charge in [-0.3, -0.25) is 0 Å². The summed E-state index contributed by atoms with van der Waals surface area (Å²) in [5, 5.41) is 0.591. The Morgan fingerprint density at radius 3 is 2.75 bits per heavy atom. The van der Waals surface area contributed by atoms with Gasteiger partial charge in [-0.05, 0) is 32.8 Å². The lowest BCUT2D eigenvalue weighted by Gasteiger charge is -2.21. The molecule has 1 heterocycles. The lowest BCUT2D eigenvalue weighted by Crippen LogP contribution is -2.24. The number of nitrogens with two attached hydrogens (primary N) is 1. The molecule has 1 fully saturated rings. The summed E-state index contributed by atoms with van der Waals surface area (Å²) in [6, 6.07) is 3.54. The monoisotopic (exact) mass is 299 g/mol. The summed E-state index contributed by atoms with van der Waals surface area (Å²) < 4.78 is 17.1. The third kappa shape index (κ3) is 3.57. The Labute approximate surface area is 125 Å². The fraction of sp³-hybridized carbons (Fsp3) is 0.600. The first-order valence-corrected chi connectivity index (χ1v) is 7.20. The number of halogens is 1. The van der Waals surface area contributed by atoms with Crippen molar-refractivity contribution in [2.45, 2.75) is 44.9 Å². The van der Waals surface area contributed by atoms with Crippen molar-refractivity contribution in [2.75, 3.05) is 13.7 Å². The Morgan fingerprint density at radius 2 is 2.20 bits per heavy atom. The van der Waals surface area contributed by atoms with Gasteiger partial charge in [0.15, 0.2) is 11.5 Å². The zero-order valence-electron chi connectivity index (χ0n) is 12.2. The van der Waals surface area contributed by atoms with Gasteiger partial charge >= 0.3 is 0 Å². The molecular formula is C15H22ClNO3. The normalized spacial score (nSPS) is 20.9. The molecule has 0 saturated carbocycles. The number of methoxy groups -OCH3 is 1. The number of hydrogen-bond acceptors (Lipinski definition) is 4. The smallest absolute Gasteiger partial charge is 0.165 e. The van der Waals surface area contributed by atoms with Crippen LogP contribution < -0.4 is 15.2 Å². The molecule has 0 bridgehead atoms. The van der Waals surface area contributed by atoms with Crippen LogP contribution in [0.15, 0.2) is 12.1 Å². The molecular weight excluding hydrogens is 278 g/mol. The van der Waals surface area contributed by atoms with Crippen LogP contribution in [0.2, 0.25) is 5.02 Å². The van der Waals surface area contributed by atoms with Crippen LogP contribution >= 0.6 is 11.6 Å². The van der Waals surface area contributed by atoms with E-state index in [-0.39, 0.29) is 11.7 Å². The van der Waals surface area contributed by atoms with E-state index >= 15 is 0 Å². The molecule has 0 spiro atoms. The van der Waals surface area contributed by atoms with Gasteiger partial charge in [-0.25, -0.2) is 0 Å². The van der Waals surface area contributed by atoms with E-state index in [0.717, 1.165) is 18.4 Å². The summed E-state index contributed by atoms with van der Waals surface area (Å²) in [6.45, 7) is 5.04. The summed E-state index contributed by atoms with van der Waals surface area (Å²) in [5.41, 5.74) is 6.52. The lowest BCUT2D eigenvalue weighted by molar-refractivity contribution is -0.0330. The van der Waals surface area contributed by atoms with Crippen LogP contribution in [0.5, 0.6) is 11.5 Å². The topological polar surface area (TPSA) is 53.7 Å². The minimum atomic E-state index is -0.0607.